The molecule has 110 valence electrons. The molecule has 21 heavy (non-hydrogen) atoms. The third-order valence-electron chi connectivity index (χ3n) is 4.27. The third kappa shape index (κ3) is 3.52. The molecule has 1 saturated heterocycles. The van der Waals surface area contributed by atoms with E-state index in [2.05, 4.69) is 60.4 Å². The first kappa shape index (κ1) is 14.3. The van der Waals surface area contributed by atoms with Crippen molar-refractivity contribution in [3.8, 4) is 11.1 Å². The standard InChI is InChI=1S/C19H23NO/c1-15-4-3-5-18(12-15)17-8-6-16(7-9-17)13-20-11-10-19(14-20)21-2/h3-9,12,19H,10-11,13-14H2,1-2H3/t19-/m1/s1. The number of likely N-dealkylation sites (tertiary alicyclic amines) is 1. The van der Waals surface area contributed by atoms with Gasteiger partial charge in [0.25, 0.3) is 0 Å². The Morgan fingerprint density at radius 1 is 1.10 bits per heavy atom. The van der Waals surface area contributed by atoms with Gasteiger partial charge in [-0.05, 0) is 30.0 Å². The molecule has 0 unspecified atom stereocenters. The summed E-state index contributed by atoms with van der Waals surface area (Å²) in [7, 11) is 1.81. The second-order valence-electron chi connectivity index (χ2n) is 5.95. The molecule has 0 N–H and O–H groups in total. The molecule has 1 aliphatic heterocycles. The van der Waals surface area contributed by atoms with Crippen LogP contribution < -0.4 is 0 Å². The number of rotatable bonds is 4. The molecule has 1 heterocycles. The molecule has 0 radical (unpaired) electrons. The quantitative estimate of drug-likeness (QED) is 0.843. The summed E-state index contributed by atoms with van der Waals surface area (Å²) in [6.07, 6.45) is 1.56. The minimum absolute atomic E-state index is 0.413. The van der Waals surface area contributed by atoms with Crippen LogP contribution in [0.1, 0.15) is 17.5 Å². The van der Waals surface area contributed by atoms with Gasteiger partial charge in [0.05, 0.1) is 6.10 Å². The van der Waals surface area contributed by atoms with E-state index in [4.69, 9.17) is 4.74 Å². The van der Waals surface area contributed by atoms with Gasteiger partial charge in [-0.1, -0.05) is 54.1 Å². The normalized spacial score (nSPS) is 19.0. The largest absolute Gasteiger partial charge is 0.380 e. The molecule has 2 nitrogen and oxygen atoms in total. The van der Waals surface area contributed by atoms with Gasteiger partial charge in [0.15, 0.2) is 0 Å². The van der Waals surface area contributed by atoms with Crippen molar-refractivity contribution >= 4 is 0 Å². The second kappa shape index (κ2) is 6.42. The minimum atomic E-state index is 0.413. The van der Waals surface area contributed by atoms with Gasteiger partial charge < -0.3 is 4.74 Å². The van der Waals surface area contributed by atoms with Gasteiger partial charge in [0, 0.05) is 26.7 Å². The molecular formula is C19H23NO. The Kier molecular flexibility index (Phi) is 4.37. The van der Waals surface area contributed by atoms with Gasteiger partial charge in [-0.25, -0.2) is 0 Å². The molecule has 2 aromatic rings. The summed E-state index contributed by atoms with van der Waals surface area (Å²) < 4.78 is 5.43. The fourth-order valence-corrected chi connectivity index (χ4v) is 3.02. The molecular weight excluding hydrogens is 258 g/mol. The van der Waals surface area contributed by atoms with Crippen molar-refractivity contribution in [2.75, 3.05) is 20.2 Å². The lowest BCUT2D eigenvalue weighted by Crippen LogP contribution is -2.22. The molecule has 3 rings (SSSR count). The van der Waals surface area contributed by atoms with E-state index in [1.807, 2.05) is 7.11 Å². The van der Waals surface area contributed by atoms with E-state index in [9.17, 15) is 0 Å². The zero-order valence-electron chi connectivity index (χ0n) is 12.9. The van der Waals surface area contributed by atoms with Crippen molar-refractivity contribution in [1.82, 2.24) is 4.90 Å². The maximum absolute atomic E-state index is 5.43. The fraction of sp³-hybridized carbons (Fsp3) is 0.368. The van der Waals surface area contributed by atoms with Crippen LogP contribution in [0.5, 0.6) is 0 Å². The average Bonchev–Trinajstić information content (AvgIpc) is 2.96. The fourth-order valence-electron chi connectivity index (χ4n) is 3.02. The van der Waals surface area contributed by atoms with E-state index >= 15 is 0 Å². The molecule has 0 saturated carbocycles. The Morgan fingerprint density at radius 3 is 2.57 bits per heavy atom. The predicted molar refractivity (Wildman–Crippen MR) is 87.3 cm³/mol. The highest BCUT2D eigenvalue weighted by molar-refractivity contribution is 5.64. The third-order valence-corrected chi connectivity index (χ3v) is 4.27. The number of benzene rings is 2. The van der Waals surface area contributed by atoms with E-state index in [0.29, 0.717) is 6.10 Å². The van der Waals surface area contributed by atoms with Crippen LogP contribution in [-0.4, -0.2) is 31.2 Å². The molecule has 0 bridgehead atoms. The van der Waals surface area contributed by atoms with Gasteiger partial charge in [-0.15, -0.1) is 0 Å². The molecule has 0 aliphatic carbocycles. The van der Waals surface area contributed by atoms with E-state index in [1.54, 1.807) is 0 Å². The van der Waals surface area contributed by atoms with Crippen LogP contribution in [0, 0.1) is 6.92 Å². The zero-order chi connectivity index (χ0) is 14.7. The predicted octanol–water partition coefficient (Wildman–Crippen LogP) is 3.88. The summed E-state index contributed by atoms with van der Waals surface area (Å²) >= 11 is 0. The van der Waals surface area contributed by atoms with E-state index in [1.165, 1.54) is 22.3 Å². The number of nitrogens with zero attached hydrogens (tertiary/aromatic N) is 1. The SMILES string of the molecule is CO[C@@H]1CCN(Cc2ccc(-c3cccc(C)c3)cc2)C1. The van der Waals surface area contributed by atoms with Gasteiger partial charge in [-0.3, -0.25) is 4.90 Å². The lowest BCUT2D eigenvalue weighted by Gasteiger charge is -2.16. The molecule has 0 spiro atoms. The van der Waals surface area contributed by atoms with Gasteiger partial charge >= 0.3 is 0 Å². The summed E-state index contributed by atoms with van der Waals surface area (Å²) in [5.74, 6) is 0. The minimum Gasteiger partial charge on any atom is -0.380 e. The molecule has 0 amide bonds. The summed E-state index contributed by atoms with van der Waals surface area (Å²) in [4.78, 5) is 2.47. The first-order chi connectivity index (χ1) is 10.2. The van der Waals surface area contributed by atoms with Crippen LogP contribution in [0.25, 0.3) is 11.1 Å². The summed E-state index contributed by atoms with van der Waals surface area (Å²) in [5.41, 5.74) is 5.27. The topological polar surface area (TPSA) is 12.5 Å². The summed E-state index contributed by atoms with van der Waals surface area (Å²) in [5, 5.41) is 0. The van der Waals surface area contributed by atoms with Crippen LogP contribution in [0.2, 0.25) is 0 Å². The van der Waals surface area contributed by atoms with E-state index in [0.717, 1.165) is 26.1 Å². The average molecular weight is 281 g/mol. The van der Waals surface area contributed by atoms with Crippen molar-refractivity contribution in [3.63, 3.8) is 0 Å². The molecule has 1 atom stereocenters. The lowest BCUT2D eigenvalue weighted by molar-refractivity contribution is 0.107. The maximum atomic E-state index is 5.43. The van der Waals surface area contributed by atoms with Gasteiger partial charge in [0.2, 0.25) is 0 Å². The first-order valence-corrected chi connectivity index (χ1v) is 7.66. The van der Waals surface area contributed by atoms with Crippen molar-refractivity contribution in [2.45, 2.75) is 26.0 Å². The molecule has 1 aliphatic rings. The lowest BCUT2D eigenvalue weighted by atomic mass is 10.0. The zero-order valence-corrected chi connectivity index (χ0v) is 12.9. The molecule has 0 aromatic heterocycles. The van der Waals surface area contributed by atoms with E-state index < -0.39 is 0 Å². The summed E-state index contributed by atoms with van der Waals surface area (Å²) in [6.45, 7) is 5.35. The Hall–Kier alpha value is -1.64. The number of hydrogen-bond donors (Lipinski definition) is 0. The number of hydrogen-bond acceptors (Lipinski definition) is 2. The van der Waals surface area contributed by atoms with Crippen LogP contribution in [0.4, 0.5) is 0 Å². The molecule has 1 fully saturated rings. The number of ether oxygens (including phenoxy) is 1. The number of methoxy groups -OCH3 is 1. The van der Waals surface area contributed by atoms with Gasteiger partial charge in [-0.2, -0.15) is 0 Å². The van der Waals surface area contributed by atoms with Crippen LogP contribution in [0.3, 0.4) is 0 Å². The Bertz CT molecular complexity index is 591. The Labute approximate surface area is 127 Å². The van der Waals surface area contributed by atoms with Crippen molar-refractivity contribution < 1.29 is 4.74 Å². The molecule has 2 heteroatoms. The Morgan fingerprint density at radius 2 is 1.90 bits per heavy atom. The Balaban J connectivity index is 1.67. The van der Waals surface area contributed by atoms with Crippen molar-refractivity contribution in [1.29, 1.82) is 0 Å². The smallest absolute Gasteiger partial charge is 0.0710 e. The highest BCUT2D eigenvalue weighted by atomic mass is 16.5. The van der Waals surface area contributed by atoms with E-state index in [-0.39, 0.29) is 0 Å². The maximum Gasteiger partial charge on any atom is 0.0710 e. The summed E-state index contributed by atoms with van der Waals surface area (Å²) in [6, 6.07) is 17.6. The highest BCUT2D eigenvalue weighted by Crippen LogP contribution is 2.22. The molecule has 2 aromatic carbocycles. The highest BCUT2D eigenvalue weighted by Gasteiger charge is 2.21. The van der Waals surface area contributed by atoms with Crippen molar-refractivity contribution in [3.05, 3.63) is 59.7 Å². The second-order valence-corrected chi connectivity index (χ2v) is 5.95. The van der Waals surface area contributed by atoms with Crippen LogP contribution >= 0.6 is 0 Å². The van der Waals surface area contributed by atoms with Gasteiger partial charge in [0.1, 0.15) is 0 Å². The van der Waals surface area contributed by atoms with Crippen LogP contribution in [-0.2, 0) is 11.3 Å². The number of aryl methyl sites for hydroxylation is 1. The van der Waals surface area contributed by atoms with Crippen molar-refractivity contribution in [2.24, 2.45) is 0 Å². The van der Waals surface area contributed by atoms with Crippen LogP contribution in [0.15, 0.2) is 48.5 Å². The monoisotopic (exact) mass is 281 g/mol. The first-order valence-electron chi connectivity index (χ1n) is 7.66.